The van der Waals surface area contributed by atoms with Gasteiger partial charge in [0, 0.05) is 17.0 Å². The van der Waals surface area contributed by atoms with Crippen molar-refractivity contribution in [3.63, 3.8) is 0 Å². The van der Waals surface area contributed by atoms with E-state index in [0.717, 1.165) is 10.6 Å². The first-order valence-electron chi connectivity index (χ1n) is 4.52. The molecule has 72 valence electrons. The van der Waals surface area contributed by atoms with Crippen molar-refractivity contribution in [3.05, 3.63) is 40.8 Å². The Balaban J connectivity index is 2.39. The Labute approximate surface area is 87.6 Å². The van der Waals surface area contributed by atoms with Gasteiger partial charge in [0.2, 0.25) is 0 Å². The van der Waals surface area contributed by atoms with Crippen molar-refractivity contribution in [1.82, 2.24) is 4.37 Å². The summed E-state index contributed by atoms with van der Waals surface area (Å²) in [5.74, 6) is 0. The quantitative estimate of drug-likeness (QED) is 0.816. The minimum Gasteiger partial charge on any atom is -0.326 e. The number of hydrogen-bond acceptors (Lipinski definition) is 3. The molecule has 1 heterocycles. The van der Waals surface area contributed by atoms with Crippen molar-refractivity contribution >= 4 is 11.5 Å². The average molecular weight is 204 g/mol. The lowest BCUT2D eigenvalue weighted by Gasteiger charge is -1.96. The lowest BCUT2D eigenvalue weighted by Crippen LogP contribution is -1.91. The predicted molar refractivity (Wildman–Crippen MR) is 60.2 cm³/mol. The van der Waals surface area contributed by atoms with Crippen LogP contribution in [0.1, 0.15) is 10.4 Å². The molecule has 0 saturated carbocycles. The van der Waals surface area contributed by atoms with Crippen LogP contribution in [0, 0.1) is 6.92 Å². The molecule has 3 heteroatoms. The summed E-state index contributed by atoms with van der Waals surface area (Å²) in [5.41, 5.74) is 8.99. The van der Waals surface area contributed by atoms with Gasteiger partial charge in [-0.1, -0.05) is 23.8 Å². The molecule has 0 saturated heterocycles. The number of nitrogens with zero attached hydrogens (tertiary/aromatic N) is 1. The molecule has 1 aromatic carbocycles. The van der Waals surface area contributed by atoms with E-state index in [9.17, 15) is 0 Å². The molecule has 1 aromatic heterocycles. The molecule has 0 unspecified atom stereocenters. The largest absolute Gasteiger partial charge is 0.326 e. The summed E-state index contributed by atoms with van der Waals surface area (Å²) in [6, 6.07) is 10.4. The summed E-state index contributed by atoms with van der Waals surface area (Å²) >= 11 is 1.48. The second-order valence-corrected chi connectivity index (χ2v) is 4.14. The molecule has 0 radical (unpaired) electrons. The maximum Gasteiger partial charge on any atom is 0.0844 e. The standard InChI is InChI=1S/C11H12N2S/c1-8-3-2-4-9(5-8)11-6-10(7-12)14-13-11/h2-6H,7,12H2,1H3. The highest BCUT2D eigenvalue weighted by Gasteiger charge is 2.02. The van der Waals surface area contributed by atoms with E-state index in [4.69, 9.17) is 5.73 Å². The Morgan fingerprint density at radius 1 is 1.36 bits per heavy atom. The first kappa shape index (κ1) is 9.37. The van der Waals surface area contributed by atoms with Crippen LogP contribution in [0.15, 0.2) is 30.3 Å². The van der Waals surface area contributed by atoms with E-state index in [-0.39, 0.29) is 0 Å². The van der Waals surface area contributed by atoms with Crippen molar-refractivity contribution < 1.29 is 0 Å². The predicted octanol–water partition coefficient (Wildman–Crippen LogP) is 2.58. The Bertz CT molecular complexity index is 434. The third-order valence-electron chi connectivity index (χ3n) is 2.07. The van der Waals surface area contributed by atoms with Gasteiger partial charge in [-0.15, -0.1) is 0 Å². The van der Waals surface area contributed by atoms with Crippen molar-refractivity contribution in [2.24, 2.45) is 5.73 Å². The van der Waals surface area contributed by atoms with Crippen LogP contribution in [-0.4, -0.2) is 4.37 Å². The van der Waals surface area contributed by atoms with Gasteiger partial charge >= 0.3 is 0 Å². The van der Waals surface area contributed by atoms with Crippen LogP contribution < -0.4 is 5.73 Å². The zero-order valence-electron chi connectivity index (χ0n) is 8.03. The van der Waals surface area contributed by atoms with Crippen LogP contribution >= 0.6 is 11.5 Å². The van der Waals surface area contributed by atoms with Crippen LogP contribution in [0.3, 0.4) is 0 Å². The average Bonchev–Trinajstić information content (AvgIpc) is 2.66. The topological polar surface area (TPSA) is 38.9 Å². The molecule has 0 fully saturated rings. The van der Waals surface area contributed by atoms with Gasteiger partial charge in [0.15, 0.2) is 0 Å². The number of aromatic nitrogens is 1. The summed E-state index contributed by atoms with van der Waals surface area (Å²) in [7, 11) is 0. The fourth-order valence-electron chi connectivity index (χ4n) is 1.35. The summed E-state index contributed by atoms with van der Waals surface area (Å²) in [4.78, 5) is 1.13. The van der Waals surface area contributed by atoms with Crippen LogP contribution in [-0.2, 0) is 6.54 Å². The molecular weight excluding hydrogens is 192 g/mol. The van der Waals surface area contributed by atoms with Crippen molar-refractivity contribution in [2.75, 3.05) is 0 Å². The molecule has 2 N–H and O–H groups in total. The number of benzene rings is 1. The molecule has 0 aliphatic rings. The fraction of sp³-hybridized carbons (Fsp3) is 0.182. The molecule has 0 aliphatic heterocycles. The van der Waals surface area contributed by atoms with E-state index in [1.54, 1.807) is 0 Å². The van der Waals surface area contributed by atoms with Gasteiger partial charge in [-0.05, 0) is 30.6 Å². The summed E-state index contributed by atoms with van der Waals surface area (Å²) in [5, 5.41) is 0. The minimum atomic E-state index is 0.573. The maximum atomic E-state index is 5.54. The smallest absolute Gasteiger partial charge is 0.0844 e. The van der Waals surface area contributed by atoms with Crippen molar-refractivity contribution in [1.29, 1.82) is 0 Å². The monoisotopic (exact) mass is 204 g/mol. The highest BCUT2D eigenvalue weighted by atomic mass is 32.1. The summed E-state index contributed by atoms with van der Waals surface area (Å²) in [6.07, 6.45) is 0. The second-order valence-electron chi connectivity index (χ2n) is 3.25. The number of hydrogen-bond donors (Lipinski definition) is 1. The number of aryl methyl sites for hydroxylation is 1. The van der Waals surface area contributed by atoms with Crippen LogP contribution in [0.5, 0.6) is 0 Å². The van der Waals surface area contributed by atoms with E-state index in [1.165, 1.54) is 22.7 Å². The molecule has 14 heavy (non-hydrogen) atoms. The van der Waals surface area contributed by atoms with Crippen molar-refractivity contribution in [3.8, 4) is 11.3 Å². The molecule has 2 rings (SSSR count). The van der Waals surface area contributed by atoms with Gasteiger partial charge in [0.05, 0.1) is 5.69 Å². The van der Waals surface area contributed by atoms with Gasteiger partial charge < -0.3 is 5.73 Å². The lowest BCUT2D eigenvalue weighted by atomic mass is 10.1. The zero-order valence-corrected chi connectivity index (χ0v) is 8.84. The highest BCUT2D eigenvalue weighted by molar-refractivity contribution is 7.06. The van der Waals surface area contributed by atoms with Crippen LogP contribution in [0.25, 0.3) is 11.3 Å². The Morgan fingerprint density at radius 3 is 2.86 bits per heavy atom. The molecule has 0 amide bonds. The van der Waals surface area contributed by atoms with E-state index in [2.05, 4.69) is 35.6 Å². The Kier molecular flexibility index (Phi) is 2.61. The molecule has 0 spiro atoms. The molecular formula is C11H12N2S. The molecule has 0 aliphatic carbocycles. The van der Waals surface area contributed by atoms with E-state index < -0.39 is 0 Å². The Morgan fingerprint density at radius 2 is 2.21 bits per heavy atom. The summed E-state index contributed by atoms with van der Waals surface area (Å²) in [6.45, 7) is 2.66. The third-order valence-corrected chi connectivity index (χ3v) is 2.88. The Hall–Kier alpha value is -1.19. The van der Waals surface area contributed by atoms with Gasteiger partial charge in [-0.3, -0.25) is 0 Å². The van der Waals surface area contributed by atoms with Gasteiger partial charge in [0.25, 0.3) is 0 Å². The van der Waals surface area contributed by atoms with E-state index >= 15 is 0 Å². The molecule has 0 atom stereocenters. The maximum absolute atomic E-state index is 5.54. The third kappa shape index (κ3) is 1.84. The van der Waals surface area contributed by atoms with Gasteiger partial charge in [-0.2, -0.15) is 4.37 Å². The van der Waals surface area contributed by atoms with Crippen LogP contribution in [0.2, 0.25) is 0 Å². The SMILES string of the molecule is Cc1cccc(-c2cc(CN)sn2)c1. The first-order valence-corrected chi connectivity index (χ1v) is 5.29. The molecule has 2 aromatic rings. The highest BCUT2D eigenvalue weighted by Crippen LogP contribution is 2.22. The summed E-state index contributed by atoms with van der Waals surface area (Å²) < 4.78 is 4.36. The lowest BCUT2D eigenvalue weighted by molar-refractivity contribution is 1.11. The van der Waals surface area contributed by atoms with Crippen LogP contribution in [0.4, 0.5) is 0 Å². The van der Waals surface area contributed by atoms with Gasteiger partial charge in [-0.25, -0.2) is 0 Å². The minimum absolute atomic E-state index is 0.573. The number of nitrogens with two attached hydrogens (primary N) is 1. The normalized spacial score (nSPS) is 10.4. The number of rotatable bonds is 2. The van der Waals surface area contributed by atoms with E-state index in [1.807, 2.05) is 6.07 Å². The van der Waals surface area contributed by atoms with Crippen molar-refractivity contribution in [2.45, 2.75) is 13.5 Å². The van der Waals surface area contributed by atoms with Gasteiger partial charge in [0.1, 0.15) is 0 Å². The zero-order chi connectivity index (χ0) is 9.97. The second kappa shape index (κ2) is 3.90. The molecule has 2 nitrogen and oxygen atoms in total. The first-order chi connectivity index (χ1) is 6.79. The van der Waals surface area contributed by atoms with E-state index in [0.29, 0.717) is 6.54 Å². The fourth-order valence-corrected chi connectivity index (χ4v) is 1.96. The molecule has 0 bridgehead atoms.